The lowest BCUT2D eigenvalue weighted by Gasteiger charge is -2.22. The van der Waals surface area contributed by atoms with Crippen LogP contribution in [0.15, 0.2) is 0 Å². The van der Waals surface area contributed by atoms with Crippen molar-refractivity contribution >= 4 is 12.4 Å². The number of hydrogen-bond acceptors (Lipinski definition) is 2. The SMILES string of the molecule is CCNCC1CCCNC1.Cl. The maximum Gasteiger partial charge on any atom is -0.000837 e. The van der Waals surface area contributed by atoms with E-state index in [4.69, 9.17) is 0 Å². The molecule has 0 amide bonds. The van der Waals surface area contributed by atoms with Gasteiger partial charge >= 0.3 is 0 Å². The number of nitrogens with one attached hydrogen (secondary N) is 2. The van der Waals surface area contributed by atoms with Gasteiger partial charge in [-0.2, -0.15) is 0 Å². The molecule has 68 valence electrons. The zero-order chi connectivity index (χ0) is 7.23. The Labute approximate surface area is 75.5 Å². The lowest BCUT2D eigenvalue weighted by molar-refractivity contribution is 0.363. The lowest BCUT2D eigenvalue weighted by Crippen LogP contribution is -2.35. The Bertz CT molecular complexity index is 82.2. The van der Waals surface area contributed by atoms with E-state index in [-0.39, 0.29) is 12.4 Å². The van der Waals surface area contributed by atoms with E-state index in [0.717, 1.165) is 12.5 Å². The molecule has 0 saturated carbocycles. The molecule has 0 radical (unpaired) electrons. The highest BCUT2D eigenvalue weighted by atomic mass is 35.5. The summed E-state index contributed by atoms with van der Waals surface area (Å²) >= 11 is 0. The molecular formula is C8H19ClN2. The first-order valence-electron chi connectivity index (χ1n) is 4.35. The van der Waals surface area contributed by atoms with Crippen molar-refractivity contribution in [1.29, 1.82) is 0 Å². The van der Waals surface area contributed by atoms with Crippen LogP contribution in [-0.4, -0.2) is 26.2 Å². The van der Waals surface area contributed by atoms with Gasteiger partial charge in [-0.05, 0) is 44.9 Å². The summed E-state index contributed by atoms with van der Waals surface area (Å²) in [6.07, 6.45) is 2.76. The van der Waals surface area contributed by atoms with Crippen molar-refractivity contribution in [2.75, 3.05) is 26.2 Å². The van der Waals surface area contributed by atoms with Crippen LogP contribution in [0.4, 0.5) is 0 Å². The van der Waals surface area contributed by atoms with Gasteiger partial charge in [-0.25, -0.2) is 0 Å². The van der Waals surface area contributed by atoms with Crippen LogP contribution in [0.5, 0.6) is 0 Å². The van der Waals surface area contributed by atoms with Crippen LogP contribution in [0.1, 0.15) is 19.8 Å². The van der Waals surface area contributed by atoms with Gasteiger partial charge < -0.3 is 10.6 Å². The zero-order valence-electron chi connectivity index (χ0n) is 7.23. The van der Waals surface area contributed by atoms with E-state index >= 15 is 0 Å². The minimum atomic E-state index is 0. The fourth-order valence-electron chi connectivity index (χ4n) is 1.45. The van der Waals surface area contributed by atoms with E-state index in [1.165, 1.54) is 32.5 Å². The Morgan fingerprint density at radius 1 is 1.55 bits per heavy atom. The number of piperidine rings is 1. The van der Waals surface area contributed by atoms with E-state index in [2.05, 4.69) is 17.6 Å². The van der Waals surface area contributed by atoms with Gasteiger partial charge in [0.1, 0.15) is 0 Å². The summed E-state index contributed by atoms with van der Waals surface area (Å²) in [5, 5.41) is 6.78. The van der Waals surface area contributed by atoms with Crippen LogP contribution >= 0.6 is 12.4 Å². The maximum absolute atomic E-state index is 3.40. The van der Waals surface area contributed by atoms with Crippen molar-refractivity contribution in [1.82, 2.24) is 10.6 Å². The van der Waals surface area contributed by atoms with Gasteiger partial charge in [0.15, 0.2) is 0 Å². The molecule has 2 nitrogen and oxygen atoms in total. The molecule has 0 aliphatic carbocycles. The third-order valence-electron chi connectivity index (χ3n) is 2.08. The molecule has 1 fully saturated rings. The predicted molar refractivity (Wildman–Crippen MR) is 51.4 cm³/mol. The first-order valence-corrected chi connectivity index (χ1v) is 4.35. The van der Waals surface area contributed by atoms with Gasteiger partial charge in [-0.1, -0.05) is 6.92 Å². The van der Waals surface area contributed by atoms with Crippen molar-refractivity contribution in [3.63, 3.8) is 0 Å². The Balaban J connectivity index is 0.000001000. The Morgan fingerprint density at radius 2 is 2.36 bits per heavy atom. The third kappa shape index (κ3) is 4.62. The Hall–Kier alpha value is 0.210. The third-order valence-corrected chi connectivity index (χ3v) is 2.08. The summed E-state index contributed by atoms with van der Waals surface area (Å²) in [7, 11) is 0. The molecule has 1 heterocycles. The molecule has 0 aromatic rings. The molecule has 0 aromatic heterocycles. The fraction of sp³-hybridized carbons (Fsp3) is 1.00. The van der Waals surface area contributed by atoms with E-state index in [9.17, 15) is 0 Å². The molecule has 0 spiro atoms. The molecular weight excluding hydrogens is 160 g/mol. The molecule has 1 saturated heterocycles. The smallest absolute Gasteiger partial charge is 0.000837 e. The first kappa shape index (κ1) is 11.2. The highest BCUT2D eigenvalue weighted by Gasteiger charge is 2.10. The summed E-state index contributed by atoms with van der Waals surface area (Å²) in [6, 6.07) is 0. The highest BCUT2D eigenvalue weighted by molar-refractivity contribution is 5.85. The minimum absolute atomic E-state index is 0. The lowest BCUT2D eigenvalue weighted by atomic mass is 10.00. The highest BCUT2D eigenvalue weighted by Crippen LogP contribution is 2.07. The fourth-order valence-corrected chi connectivity index (χ4v) is 1.45. The van der Waals surface area contributed by atoms with Crippen molar-refractivity contribution in [3.05, 3.63) is 0 Å². The van der Waals surface area contributed by atoms with Crippen LogP contribution in [0.3, 0.4) is 0 Å². The molecule has 0 aromatic carbocycles. The van der Waals surface area contributed by atoms with E-state index < -0.39 is 0 Å². The molecule has 1 aliphatic rings. The molecule has 0 bridgehead atoms. The first-order chi connectivity index (χ1) is 4.93. The summed E-state index contributed by atoms with van der Waals surface area (Å²) in [4.78, 5) is 0. The van der Waals surface area contributed by atoms with Crippen molar-refractivity contribution < 1.29 is 0 Å². The van der Waals surface area contributed by atoms with E-state index in [1.807, 2.05) is 0 Å². The van der Waals surface area contributed by atoms with Crippen molar-refractivity contribution in [2.45, 2.75) is 19.8 Å². The molecule has 1 unspecified atom stereocenters. The van der Waals surface area contributed by atoms with E-state index in [1.54, 1.807) is 0 Å². The van der Waals surface area contributed by atoms with Crippen LogP contribution in [-0.2, 0) is 0 Å². The van der Waals surface area contributed by atoms with Crippen molar-refractivity contribution in [2.24, 2.45) is 5.92 Å². The molecule has 1 rings (SSSR count). The monoisotopic (exact) mass is 178 g/mol. The molecule has 2 N–H and O–H groups in total. The van der Waals surface area contributed by atoms with Crippen LogP contribution in [0, 0.1) is 5.92 Å². The van der Waals surface area contributed by atoms with E-state index in [0.29, 0.717) is 0 Å². The number of hydrogen-bond donors (Lipinski definition) is 2. The summed E-state index contributed by atoms with van der Waals surface area (Å²) < 4.78 is 0. The van der Waals surface area contributed by atoms with Gasteiger partial charge in [-0.3, -0.25) is 0 Å². The molecule has 3 heteroatoms. The number of rotatable bonds is 3. The Kier molecular flexibility index (Phi) is 7.02. The van der Waals surface area contributed by atoms with Crippen molar-refractivity contribution in [3.8, 4) is 0 Å². The minimum Gasteiger partial charge on any atom is -0.317 e. The average molecular weight is 179 g/mol. The topological polar surface area (TPSA) is 24.1 Å². The second kappa shape index (κ2) is 6.89. The summed E-state index contributed by atoms with van der Waals surface area (Å²) in [5.41, 5.74) is 0. The average Bonchev–Trinajstić information content (AvgIpc) is 2.03. The Morgan fingerprint density at radius 3 is 2.91 bits per heavy atom. The number of halogens is 1. The summed E-state index contributed by atoms with van der Waals surface area (Å²) in [6.45, 7) is 6.91. The van der Waals surface area contributed by atoms with Gasteiger partial charge in [0.25, 0.3) is 0 Å². The maximum atomic E-state index is 3.40. The van der Waals surface area contributed by atoms with Gasteiger partial charge in [0, 0.05) is 0 Å². The molecule has 1 aliphatic heterocycles. The second-order valence-electron chi connectivity index (χ2n) is 3.02. The van der Waals surface area contributed by atoms with Crippen LogP contribution in [0.25, 0.3) is 0 Å². The summed E-state index contributed by atoms with van der Waals surface area (Å²) in [5.74, 6) is 0.883. The molecule has 1 atom stereocenters. The van der Waals surface area contributed by atoms with Gasteiger partial charge in [0.05, 0.1) is 0 Å². The van der Waals surface area contributed by atoms with Crippen LogP contribution in [0.2, 0.25) is 0 Å². The standard InChI is InChI=1S/C8H18N2.ClH/c1-2-9-6-8-4-3-5-10-7-8;/h8-10H,2-7H2,1H3;1H. The quantitative estimate of drug-likeness (QED) is 0.675. The van der Waals surface area contributed by atoms with Gasteiger partial charge in [-0.15, -0.1) is 12.4 Å². The molecule has 11 heavy (non-hydrogen) atoms. The van der Waals surface area contributed by atoms with Crippen LogP contribution < -0.4 is 10.6 Å². The largest absolute Gasteiger partial charge is 0.317 e. The normalized spacial score (nSPS) is 24.3. The van der Waals surface area contributed by atoms with Gasteiger partial charge in [0.2, 0.25) is 0 Å². The zero-order valence-corrected chi connectivity index (χ0v) is 8.04. The predicted octanol–water partition coefficient (Wildman–Crippen LogP) is 1.02. The second-order valence-corrected chi connectivity index (χ2v) is 3.02.